The minimum atomic E-state index is -0.544. The van der Waals surface area contributed by atoms with E-state index in [9.17, 15) is 19.2 Å². The number of aryl methyl sites for hydroxylation is 2. The first-order valence-electron chi connectivity index (χ1n) is 18.5. The Hall–Kier alpha value is -4.44. The van der Waals surface area contributed by atoms with Gasteiger partial charge in [0.15, 0.2) is 0 Å². The van der Waals surface area contributed by atoms with Gasteiger partial charge < -0.3 is 30.4 Å². The van der Waals surface area contributed by atoms with Crippen LogP contribution in [0.4, 0.5) is 0 Å². The Labute approximate surface area is 325 Å². The fraction of sp³-hybridized carbons (Fsp3) is 0.579. The first kappa shape index (κ1) is 40.7. The SMILES string of the molecule is Cc1sc2nc1C(=O)N[C@@H](C(C)C)c1nc(c(C)n1C)C(=O)N[C@@H](C(C)C)c1nc(c(C)s1)C(=O)N[C@@H](C(C)C)c1nc(c(C)n1C)C(=O)N[C@H]2C(C)C. The zero-order chi connectivity index (χ0) is 40.1. The van der Waals surface area contributed by atoms with E-state index in [1.54, 1.807) is 0 Å². The molecule has 4 atom stereocenters. The number of nitrogens with one attached hydrogen (secondary N) is 4. The zero-order valence-electron chi connectivity index (χ0n) is 33.8. The summed E-state index contributed by atoms with van der Waals surface area (Å²) in [6, 6.07) is -2.10. The molecule has 8 bridgehead atoms. The Bertz CT molecular complexity index is 1940. The minimum absolute atomic E-state index is 0.0646. The number of amides is 4. The molecule has 0 saturated carbocycles. The number of hydrogen-bond donors (Lipinski definition) is 4. The summed E-state index contributed by atoms with van der Waals surface area (Å²) in [5.74, 6) is -0.727. The molecule has 0 radical (unpaired) electrons. The van der Waals surface area contributed by atoms with Crippen LogP contribution in [0.15, 0.2) is 0 Å². The van der Waals surface area contributed by atoms with Crippen LogP contribution < -0.4 is 21.3 Å². The van der Waals surface area contributed by atoms with Crippen molar-refractivity contribution in [2.24, 2.45) is 37.8 Å². The van der Waals surface area contributed by atoms with Gasteiger partial charge in [-0.25, -0.2) is 19.9 Å². The summed E-state index contributed by atoms with van der Waals surface area (Å²) in [4.78, 5) is 76.5. The predicted molar refractivity (Wildman–Crippen MR) is 210 cm³/mol. The molecule has 4 N–H and O–H groups in total. The second-order valence-electron chi connectivity index (χ2n) is 15.6. The predicted octanol–water partition coefficient (Wildman–Crippen LogP) is 6.12. The van der Waals surface area contributed by atoms with Gasteiger partial charge in [0.05, 0.1) is 24.2 Å². The van der Waals surface area contributed by atoms with E-state index in [-0.39, 0.29) is 70.1 Å². The van der Waals surface area contributed by atoms with E-state index in [0.29, 0.717) is 42.8 Å². The van der Waals surface area contributed by atoms with E-state index in [2.05, 4.69) is 21.3 Å². The molecule has 292 valence electrons. The lowest BCUT2D eigenvalue weighted by molar-refractivity contribution is 0.0909. The van der Waals surface area contributed by atoms with Crippen LogP contribution >= 0.6 is 22.7 Å². The molecule has 4 aromatic heterocycles. The standard InChI is InChI=1S/C38H54N10O4S2/c1-15(2)23-31-39-27(19(9)47(31)13)33(49)43-26(18(7)8)38-46-30(22(12)54-38)36(52)42-24(16(3)4)32-40-28(20(10)48(32)14)34(50)44-25(17(5)6)37-45-29(21(11)53-37)35(51)41-23/h15-18,23-26H,1-14H3,(H,41,51)(H,42,52)(H,43,49)(H,44,50)/t23-,24-,25-,26-/m0/s1. The average Bonchev–Trinajstić information content (AvgIpc) is 3.83. The molecule has 5 heterocycles. The summed E-state index contributed by atoms with van der Waals surface area (Å²) >= 11 is 2.72. The summed E-state index contributed by atoms with van der Waals surface area (Å²) in [7, 11) is 3.66. The van der Waals surface area contributed by atoms with E-state index in [0.717, 1.165) is 0 Å². The Balaban J connectivity index is 1.66. The molecule has 0 spiro atoms. The summed E-state index contributed by atoms with van der Waals surface area (Å²) in [6.45, 7) is 23.2. The van der Waals surface area contributed by atoms with Gasteiger partial charge in [-0.1, -0.05) is 55.4 Å². The monoisotopic (exact) mass is 778 g/mol. The third-order valence-corrected chi connectivity index (χ3v) is 12.3. The maximum atomic E-state index is 14.0. The molecule has 0 aromatic carbocycles. The van der Waals surface area contributed by atoms with Crippen molar-refractivity contribution in [3.05, 3.63) is 65.6 Å². The van der Waals surface area contributed by atoms with Crippen molar-refractivity contribution in [3.63, 3.8) is 0 Å². The van der Waals surface area contributed by atoms with Crippen LogP contribution in [0.2, 0.25) is 0 Å². The number of aromatic nitrogens is 6. The molecule has 54 heavy (non-hydrogen) atoms. The summed E-state index contributed by atoms with van der Waals surface area (Å²) < 4.78 is 3.67. The van der Waals surface area contributed by atoms with Gasteiger partial charge in [0, 0.05) is 35.2 Å². The van der Waals surface area contributed by atoms with Crippen molar-refractivity contribution < 1.29 is 19.2 Å². The van der Waals surface area contributed by atoms with Crippen molar-refractivity contribution in [3.8, 4) is 0 Å². The largest absolute Gasteiger partial charge is 0.341 e. The molecule has 14 nitrogen and oxygen atoms in total. The molecule has 5 rings (SSSR count). The number of imidazole rings is 2. The molecule has 0 fully saturated rings. The third kappa shape index (κ3) is 7.72. The fourth-order valence-corrected chi connectivity index (χ4v) is 8.92. The van der Waals surface area contributed by atoms with E-state index < -0.39 is 24.2 Å². The number of thiazole rings is 2. The van der Waals surface area contributed by atoms with E-state index in [1.165, 1.54) is 22.7 Å². The van der Waals surface area contributed by atoms with Crippen molar-refractivity contribution >= 4 is 46.3 Å². The van der Waals surface area contributed by atoms with E-state index >= 15 is 0 Å². The number of carbonyl (C=O) groups is 4. The van der Waals surface area contributed by atoms with Gasteiger partial charge in [0.1, 0.15) is 44.4 Å². The highest BCUT2D eigenvalue weighted by atomic mass is 32.1. The van der Waals surface area contributed by atoms with Gasteiger partial charge in [0.25, 0.3) is 23.6 Å². The molecule has 16 heteroatoms. The first-order chi connectivity index (χ1) is 25.2. The summed E-state index contributed by atoms with van der Waals surface area (Å²) in [5, 5.41) is 13.8. The Morgan fingerprint density at radius 1 is 0.463 bits per heavy atom. The fourth-order valence-electron chi connectivity index (χ4n) is 6.63. The van der Waals surface area contributed by atoms with Crippen LogP contribution in [0.5, 0.6) is 0 Å². The van der Waals surface area contributed by atoms with Gasteiger partial charge in [0.2, 0.25) is 0 Å². The molecular weight excluding hydrogens is 725 g/mol. The van der Waals surface area contributed by atoms with Crippen LogP contribution in [0.3, 0.4) is 0 Å². The first-order valence-corrected chi connectivity index (χ1v) is 20.1. The second-order valence-corrected chi connectivity index (χ2v) is 18.1. The Kier molecular flexibility index (Phi) is 11.9. The number of fused-ring (bicyclic) bond motifs is 8. The van der Waals surface area contributed by atoms with Crippen LogP contribution in [0.25, 0.3) is 0 Å². The second kappa shape index (κ2) is 15.7. The van der Waals surface area contributed by atoms with E-state index in [4.69, 9.17) is 19.9 Å². The van der Waals surface area contributed by atoms with E-state index in [1.807, 2.05) is 106 Å². The van der Waals surface area contributed by atoms with Crippen LogP contribution in [-0.4, -0.2) is 52.7 Å². The Morgan fingerprint density at radius 3 is 1.04 bits per heavy atom. The molecular formula is C38H54N10O4S2. The van der Waals surface area contributed by atoms with Crippen molar-refractivity contribution in [1.82, 2.24) is 50.3 Å². The average molecular weight is 779 g/mol. The highest BCUT2D eigenvalue weighted by Crippen LogP contribution is 2.33. The molecule has 4 aromatic rings. The number of rotatable bonds is 4. The molecule has 0 saturated heterocycles. The maximum Gasteiger partial charge on any atom is 0.272 e. The lowest BCUT2D eigenvalue weighted by Crippen LogP contribution is -2.35. The summed E-state index contributed by atoms with van der Waals surface area (Å²) in [5.41, 5.74) is 2.30. The molecule has 0 unspecified atom stereocenters. The van der Waals surface area contributed by atoms with Crippen molar-refractivity contribution in [1.29, 1.82) is 0 Å². The van der Waals surface area contributed by atoms with Crippen molar-refractivity contribution in [2.45, 2.75) is 107 Å². The molecule has 1 aliphatic rings. The highest BCUT2D eigenvalue weighted by molar-refractivity contribution is 7.12. The lowest BCUT2D eigenvalue weighted by Gasteiger charge is -2.22. The quantitative estimate of drug-likeness (QED) is 0.191. The van der Waals surface area contributed by atoms with Crippen LogP contribution in [0.1, 0.15) is 164 Å². The van der Waals surface area contributed by atoms with Gasteiger partial charge >= 0.3 is 0 Å². The number of hydrogen-bond acceptors (Lipinski definition) is 10. The zero-order valence-corrected chi connectivity index (χ0v) is 35.4. The number of nitrogens with zero attached hydrogens (tertiary/aromatic N) is 6. The maximum absolute atomic E-state index is 14.0. The molecule has 0 aliphatic carbocycles. The third-order valence-electron chi connectivity index (χ3n) is 10.2. The molecule has 1 aliphatic heterocycles. The van der Waals surface area contributed by atoms with Gasteiger partial charge in [-0.15, -0.1) is 22.7 Å². The lowest BCUT2D eigenvalue weighted by atomic mass is 10.0. The Morgan fingerprint density at radius 2 is 0.741 bits per heavy atom. The van der Waals surface area contributed by atoms with Gasteiger partial charge in [-0.05, 0) is 51.4 Å². The topological polar surface area (TPSA) is 178 Å². The van der Waals surface area contributed by atoms with Gasteiger partial charge in [-0.3, -0.25) is 19.2 Å². The summed E-state index contributed by atoms with van der Waals surface area (Å²) in [6.07, 6.45) is 0. The van der Waals surface area contributed by atoms with Crippen molar-refractivity contribution in [2.75, 3.05) is 0 Å². The van der Waals surface area contributed by atoms with Crippen LogP contribution in [-0.2, 0) is 14.1 Å². The smallest absolute Gasteiger partial charge is 0.272 e. The van der Waals surface area contributed by atoms with Gasteiger partial charge in [-0.2, -0.15) is 0 Å². The van der Waals surface area contributed by atoms with Crippen LogP contribution in [0, 0.1) is 51.4 Å². The number of carbonyl (C=O) groups excluding carboxylic acids is 4. The minimum Gasteiger partial charge on any atom is -0.341 e. The molecule has 4 amide bonds. The normalized spacial score (nSPS) is 20.3. The highest BCUT2D eigenvalue weighted by Gasteiger charge is 2.34.